The fourth-order valence-electron chi connectivity index (χ4n) is 5.90. The zero-order chi connectivity index (χ0) is 37.3. The number of hydrogen-bond donors (Lipinski definition) is 0. The average Bonchev–Trinajstić information content (AvgIpc) is 3.87. The molecular formula is C34H24N10O4S4. The van der Waals surface area contributed by atoms with Crippen molar-refractivity contribution in [3.63, 3.8) is 0 Å². The van der Waals surface area contributed by atoms with Crippen molar-refractivity contribution >= 4 is 78.4 Å². The number of benzene rings is 1. The van der Waals surface area contributed by atoms with Gasteiger partial charge >= 0.3 is 5.82 Å². The molecular weight excluding hydrogens is 741 g/mol. The normalized spacial score (nSPS) is 19.1. The molecule has 2 saturated heterocycles. The minimum Gasteiger partial charge on any atom is -0.481 e. The number of thioether (sulfide) groups is 2. The lowest BCUT2D eigenvalue weighted by Crippen LogP contribution is -2.31. The van der Waals surface area contributed by atoms with E-state index in [1.807, 2.05) is 52.0 Å². The highest BCUT2D eigenvalue weighted by Gasteiger charge is 2.43. The first-order valence-corrected chi connectivity index (χ1v) is 18.9. The van der Waals surface area contributed by atoms with Crippen LogP contribution in [0.4, 0.5) is 10.3 Å². The van der Waals surface area contributed by atoms with Gasteiger partial charge in [0.2, 0.25) is 10.3 Å². The average molecular weight is 765 g/mol. The van der Waals surface area contributed by atoms with E-state index in [1.54, 1.807) is 13.8 Å². The molecule has 2 aromatic heterocycles. The van der Waals surface area contributed by atoms with Gasteiger partial charge in [0.15, 0.2) is 20.7 Å². The largest absolute Gasteiger partial charge is 0.550 e. The van der Waals surface area contributed by atoms with Crippen molar-refractivity contribution in [1.82, 2.24) is 19.8 Å². The van der Waals surface area contributed by atoms with E-state index < -0.39 is 23.0 Å². The maximum absolute atomic E-state index is 13.2. The Morgan fingerprint density at radius 1 is 0.808 bits per heavy atom. The zero-order valence-corrected chi connectivity index (χ0v) is 31.6. The maximum Gasteiger partial charge on any atom is 0.550 e. The first kappa shape index (κ1) is 34.9. The van der Waals surface area contributed by atoms with Crippen LogP contribution in [0.1, 0.15) is 52.9 Å². The summed E-state index contributed by atoms with van der Waals surface area (Å²) in [6.45, 7) is 26.4. The van der Waals surface area contributed by atoms with E-state index in [1.165, 1.54) is 32.5 Å². The van der Waals surface area contributed by atoms with Crippen molar-refractivity contribution in [2.45, 2.75) is 52.7 Å². The van der Waals surface area contributed by atoms with Crippen LogP contribution in [0.25, 0.3) is 30.6 Å². The third kappa shape index (κ3) is 5.43. The lowest BCUT2D eigenvalue weighted by Gasteiger charge is -2.35. The number of hydrogen-bond acceptors (Lipinski definition) is 14. The van der Waals surface area contributed by atoms with Crippen molar-refractivity contribution in [2.24, 2.45) is 9.98 Å². The third-order valence-electron chi connectivity index (χ3n) is 8.27. The molecule has 3 aromatic rings. The standard InChI is InChI=1S/C34H24N10O4S4/c1-9-43-27(45)25(51-29(43)15(13-35)14-36)41-31-39-22-20(49-31)16-11-19-17(12-18(16)47-33(22,3)4)21-23(34(5,6)48-19)40-32(50-21)42-26-28(46)44(10-2)30(52-26)24(37-7)38-8/h11-12H,9-10H2,1-6H3. The second-order valence-corrected chi connectivity index (χ2v) is 16.2. The molecule has 0 spiro atoms. The van der Waals surface area contributed by atoms with Crippen LogP contribution in [0.3, 0.4) is 0 Å². The molecule has 1 aromatic carbocycles. The number of nitriles is 2. The number of carbonyl (C=O) groups excluding carboxylic acids is 2. The molecule has 14 nitrogen and oxygen atoms in total. The number of rotatable bonds is 4. The highest BCUT2D eigenvalue weighted by atomic mass is 32.2. The Morgan fingerprint density at radius 2 is 1.23 bits per heavy atom. The third-order valence-corrected chi connectivity index (χ3v) is 12.4. The topological polar surface area (TPSA) is 166 Å². The van der Waals surface area contributed by atoms with Crippen LogP contribution < -0.4 is 9.47 Å². The number of fused-ring (bicyclic) bond motifs is 6. The van der Waals surface area contributed by atoms with Crippen molar-refractivity contribution in [3.8, 4) is 44.5 Å². The Morgan fingerprint density at radius 3 is 1.63 bits per heavy atom. The summed E-state index contributed by atoms with van der Waals surface area (Å²) in [5.41, 5.74) is 0.853. The molecule has 258 valence electrons. The first-order chi connectivity index (χ1) is 24.8. The number of allylic oxidation sites excluding steroid dienone is 1. The number of thiazole rings is 2. The molecule has 4 aliphatic rings. The zero-order valence-electron chi connectivity index (χ0n) is 28.3. The molecule has 4 aliphatic heterocycles. The van der Waals surface area contributed by atoms with E-state index >= 15 is 0 Å². The Kier molecular flexibility index (Phi) is 8.48. The molecule has 0 unspecified atom stereocenters. The van der Waals surface area contributed by atoms with Crippen LogP contribution in [-0.4, -0.2) is 54.8 Å². The maximum atomic E-state index is 13.2. The summed E-state index contributed by atoms with van der Waals surface area (Å²) in [6, 6.07) is 7.51. The molecule has 0 aliphatic carbocycles. The van der Waals surface area contributed by atoms with Gasteiger partial charge in [-0.15, -0.1) is 0 Å². The number of carbonyl (C=O) groups is 2. The van der Waals surface area contributed by atoms with E-state index in [2.05, 4.69) is 19.7 Å². The van der Waals surface area contributed by atoms with Crippen LogP contribution in [0.2, 0.25) is 0 Å². The fraction of sp³-hybridized carbons (Fsp3) is 0.294. The Hall–Kier alpha value is -5.50. The highest BCUT2D eigenvalue weighted by Crippen LogP contribution is 2.56. The molecule has 2 fully saturated rings. The molecule has 52 heavy (non-hydrogen) atoms. The molecule has 0 N–H and O–H groups in total. The van der Waals surface area contributed by atoms with Crippen LogP contribution >= 0.6 is 46.2 Å². The summed E-state index contributed by atoms with van der Waals surface area (Å²) in [4.78, 5) is 56.0. The van der Waals surface area contributed by atoms with Gasteiger partial charge in [-0.3, -0.25) is 14.5 Å². The molecule has 0 radical (unpaired) electrons. The van der Waals surface area contributed by atoms with Crippen molar-refractivity contribution in [1.29, 1.82) is 10.5 Å². The van der Waals surface area contributed by atoms with Gasteiger partial charge in [-0.2, -0.15) is 20.2 Å². The predicted molar refractivity (Wildman–Crippen MR) is 199 cm³/mol. The fourth-order valence-corrected chi connectivity index (χ4v) is 10.3. The van der Waals surface area contributed by atoms with Gasteiger partial charge in [-0.05, 0) is 65.4 Å². The molecule has 0 saturated carbocycles. The van der Waals surface area contributed by atoms with Crippen LogP contribution in [0.5, 0.6) is 11.5 Å². The minimum atomic E-state index is -0.873. The van der Waals surface area contributed by atoms with E-state index in [-0.39, 0.29) is 44.6 Å². The summed E-state index contributed by atoms with van der Waals surface area (Å²) >= 11 is 4.56. The first-order valence-electron chi connectivity index (χ1n) is 15.6. The number of nitrogens with zero attached hydrogens (tertiary/aromatic N) is 10. The van der Waals surface area contributed by atoms with Gasteiger partial charge in [-0.1, -0.05) is 34.4 Å². The number of amides is 2. The Bertz CT molecular complexity index is 2260. The summed E-state index contributed by atoms with van der Waals surface area (Å²) in [6.07, 6.45) is 0. The van der Waals surface area contributed by atoms with Crippen LogP contribution in [0.15, 0.2) is 43.6 Å². The van der Waals surface area contributed by atoms with Crippen LogP contribution in [-0.2, 0) is 20.8 Å². The highest BCUT2D eigenvalue weighted by molar-refractivity contribution is 8.20. The van der Waals surface area contributed by atoms with E-state index in [4.69, 9.17) is 32.6 Å². The van der Waals surface area contributed by atoms with Gasteiger partial charge in [0.05, 0.1) is 9.75 Å². The summed E-state index contributed by atoms with van der Waals surface area (Å²) in [7, 11) is 0. The number of ether oxygens (including phenoxy) is 2. The predicted octanol–water partition coefficient (Wildman–Crippen LogP) is 7.66. The SMILES string of the molecule is [C-]#[N+]C([N+]#[C-])=C1SC(=Nc2nc3c(s2)-c2cc4c(cc2OC3(C)C)-c2sc(N=C3SC(=C(C#N)C#N)N(CC)C3=O)nc2C(C)(C)O4)C(=O)N1CC. The second-order valence-electron chi connectivity index (χ2n) is 12.3. The Balaban J connectivity index is 1.29. The Labute approximate surface area is 314 Å². The van der Waals surface area contributed by atoms with Crippen molar-refractivity contribution in [3.05, 3.63) is 67.8 Å². The quantitative estimate of drug-likeness (QED) is 0.190. The molecule has 7 rings (SSSR count). The van der Waals surface area contributed by atoms with E-state index in [0.29, 0.717) is 33.1 Å². The van der Waals surface area contributed by atoms with Crippen molar-refractivity contribution in [2.75, 3.05) is 13.1 Å². The summed E-state index contributed by atoms with van der Waals surface area (Å²) in [5.74, 6) is 0.176. The lowest BCUT2D eigenvalue weighted by atomic mass is 9.92. The molecule has 2 amide bonds. The van der Waals surface area contributed by atoms with Gasteiger partial charge in [0.1, 0.15) is 64.4 Å². The van der Waals surface area contributed by atoms with Gasteiger partial charge in [0.25, 0.3) is 11.8 Å². The van der Waals surface area contributed by atoms with E-state index in [9.17, 15) is 20.1 Å². The smallest absolute Gasteiger partial charge is 0.481 e. The van der Waals surface area contributed by atoms with E-state index in [0.717, 1.165) is 44.4 Å². The second kappa shape index (κ2) is 12.6. The molecule has 18 heteroatoms. The minimum absolute atomic E-state index is 0.114. The molecule has 0 bridgehead atoms. The monoisotopic (exact) mass is 764 g/mol. The van der Waals surface area contributed by atoms with Gasteiger partial charge in [0, 0.05) is 24.2 Å². The van der Waals surface area contributed by atoms with Gasteiger partial charge < -0.3 is 14.4 Å². The number of aromatic nitrogens is 2. The molecule has 0 atom stereocenters. The van der Waals surface area contributed by atoms with Crippen LogP contribution in [0, 0.1) is 35.8 Å². The molecule has 6 heterocycles. The number of aliphatic imine (C=N–C) groups is 2. The van der Waals surface area contributed by atoms with Gasteiger partial charge in [-0.25, -0.2) is 20.0 Å². The van der Waals surface area contributed by atoms with Crippen molar-refractivity contribution < 1.29 is 19.1 Å². The lowest BCUT2D eigenvalue weighted by molar-refractivity contribution is -0.121. The summed E-state index contributed by atoms with van der Waals surface area (Å²) < 4.78 is 13.1. The summed E-state index contributed by atoms with van der Waals surface area (Å²) in [5, 5.41) is 20.3.